The Hall–Kier alpha value is -2.45. The fourth-order valence-corrected chi connectivity index (χ4v) is 3.99. The molecule has 2 aliphatic heterocycles. The second kappa shape index (κ2) is 8.96. The number of hydrogen-bond donors (Lipinski definition) is 0. The van der Waals surface area contributed by atoms with Gasteiger partial charge < -0.3 is 23.8 Å². The van der Waals surface area contributed by atoms with E-state index < -0.39 is 29.6 Å². The zero-order chi connectivity index (χ0) is 22.7. The van der Waals surface area contributed by atoms with Gasteiger partial charge in [-0.1, -0.05) is 44.2 Å². The van der Waals surface area contributed by atoms with Gasteiger partial charge in [0, 0.05) is 12.0 Å². The Balaban J connectivity index is 2.04. The van der Waals surface area contributed by atoms with Crippen LogP contribution in [0.4, 0.5) is 0 Å². The van der Waals surface area contributed by atoms with Crippen molar-refractivity contribution in [1.82, 2.24) is 4.90 Å². The minimum Gasteiger partial charge on any atom is -0.465 e. The largest absolute Gasteiger partial charge is 0.465 e. The molecule has 2 fully saturated rings. The molecule has 0 aliphatic carbocycles. The molecule has 1 aromatic carbocycles. The molecule has 8 heteroatoms. The second-order valence-electron chi connectivity index (χ2n) is 8.75. The van der Waals surface area contributed by atoms with Crippen LogP contribution in [-0.4, -0.2) is 61.5 Å². The van der Waals surface area contributed by atoms with Gasteiger partial charge in [0.2, 0.25) is 17.1 Å². The molecule has 2 saturated heterocycles. The Morgan fingerprint density at radius 1 is 1.00 bits per heavy atom. The Morgan fingerprint density at radius 2 is 1.55 bits per heavy atom. The van der Waals surface area contributed by atoms with Crippen LogP contribution >= 0.6 is 0 Å². The predicted molar refractivity (Wildman–Crippen MR) is 111 cm³/mol. The van der Waals surface area contributed by atoms with Gasteiger partial charge in [-0.3, -0.25) is 14.4 Å². The van der Waals surface area contributed by atoms with Crippen molar-refractivity contribution in [3.8, 4) is 0 Å². The van der Waals surface area contributed by atoms with Crippen LogP contribution in [0.25, 0.3) is 0 Å². The third-order valence-electron chi connectivity index (χ3n) is 5.67. The van der Waals surface area contributed by atoms with E-state index in [2.05, 4.69) is 0 Å². The number of rotatable bonds is 6. The lowest BCUT2D eigenvalue weighted by Gasteiger charge is -2.54. The molecule has 0 N–H and O–H groups in total. The van der Waals surface area contributed by atoms with Crippen molar-refractivity contribution >= 4 is 17.8 Å². The SMILES string of the molecule is CCOC(=O)C1(C(=O)OCC)CC(=O)N(Cc2ccccc2)CC12OCC(C)(C)CO2. The summed E-state index contributed by atoms with van der Waals surface area (Å²) in [4.78, 5) is 41.2. The maximum atomic E-state index is 13.2. The molecule has 0 unspecified atom stereocenters. The smallest absolute Gasteiger partial charge is 0.329 e. The van der Waals surface area contributed by atoms with Crippen LogP contribution in [-0.2, 0) is 39.9 Å². The molecular formula is C23H31NO7. The number of amides is 1. The molecular weight excluding hydrogens is 402 g/mol. The van der Waals surface area contributed by atoms with E-state index in [1.807, 2.05) is 44.2 Å². The monoisotopic (exact) mass is 433 g/mol. The van der Waals surface area contributed by atoms with Crippen LogP contribution < -0.4 is 0 Å². The highest BCUT2D eigenvalue weighted by Crippen LogP contribution is 2.49. The summed E-state index contributed by atoms with van der Waals surface area (Å²) in [6.07, 6.45) is -0.446. The van der Waals surface area contributed by atoms with Crippen molar-refractivity contribution in [1.29, 1.82) is 0 Å². The molecule has 3 rings (SSSR count). The summed E-state index contributed by atoms with van der Waals surface area (Å²) in [5.74, 6) is -3.78. The lowest BCUT2D eigenvalue weighted by atomic mass is 9.71. The first-order valence-corrected chi connectivity index (χ1v) is 10.6. The van der Waals surface area contributed by atoms with Crippen molar-refractivity contribution in [2.45, 2.75) is 46.4 Å². The fourth-order valence-electron chi connectivity index (χ4n) is 3.99. The highest BCUT2D eigenvalue weighted by molar-refractivity contribution is 6.06. The summed E-state index contributed by atoms with van der Waals surface area (Å²) in [6.45, 7) is 8.02. The van der Waals surface area contributed by atoms with Crippen LogP contribution in [0.2, 0.25) is 0 Å². The van der Waals surface area contributed by atoms with E-state index in [0.717, 1.165) is 5.56 Å². The van der Waals surface area contributed by atoms with Gasteiger partial charge in [-0.15, -0.1) is 0 Å². The molecule has 0 bridgehead atoms. The zero-order valence-corrected chi connectivity index (χ0v) is 18.6. The molecule has 0 aromatic heterocycles. The summed E-state index contributed by atoms with van der Waals surface area (Å²) in [5, 5.41) is 0. The van der Waals surface area contributed by atoms with E-state index in [-0.39, 0.29) is 44.3 Å². The maximum Gasteiger partial charge on any atom is 0.329 e. The third kappa shape index (κ3) is 4.32. The van der Waals surface area contributed by atoms with Gasteiger partial charge in [-0.05, 0) is 19.4 Å². The first-order chi connectivity index (χ1) is 14.7. The summed E-state index contributed by atoms with van der Waals surface area (Å²) < 4.78 is 22.9. The Bertz CT molecular complexity index is 792. The number of piperidine rings is 1. The van der Waals surface area contributed by atoms with E-state index in [0.29, 0.717) is 6.54 Å². The Labute approximate surface area is 182 Å². The van der Waals surface area contributed by atoms with E-state index in [4.69, 9.17) is 18.9 Å². The normalized spacial score (nSPS) is 21.5. The number of carbonyl (C=O) groups excluding carboxylic acids is 3. The van der Waals surface area contributed by atoms with E-state index in [9.17, 15) is 14.4 Å². The molecule has 2 heterocycles. The fraction of sp³-hybridized carbons (Fsp3) is 0.609. The van der Waals surface area contributed by atoms with E-state index >= 15 is 0 Å². The number of benzene rings is 1. The summed E-state index contributed by atoms with van der Waals surface area (Å²) in [5.41, 5.74) is -1.42. The van der Waals surface area contributed by atoms with E-state index in [1.54, 1.807) is 18.7 Å². The van der Waals surface area contributed by atoms with Gasteiger partial charge in [0.1, 0.15) is 0 Å². The highest BCUT2D eigenvalue weighted by Gasteiger charge is 2.71. The summed E-state index contributed by atoms with van der Waals surface area (Å²) in [7, 11) is 0. The average Bonchev–Trinajstić information content (AvgIpc) is 2.73. The van der Waals surface area contributed by atoms with Crippen LogP contribution in [0.3, 0.4) is 0 Å². The number of ether oxygens (including phenoxy) is 4. The van der Waals surface area contributed by atoms with Crippen molar-refractivity contribution in [2.24, 2.45) is 10.8 Å². The highest BCUT2D eigenvalue weighted by atomic mass is 16.7. The van der Waals surface area contributed by atoms with Gasteiger partial charge in [0.05, 0.1) is 39.4 Å². The molecule has 0 atom stereocenters. The zero-order valence-electron chi connectivity index (χ0n) is 18.6. The molecule has 2 aliphatic rings. The number of carbonyl (C=O) groups is 3. The number of nitrogens with zero attached hydrogens (tertiary/aromatic N) is 1. The molecule has 1 amide bonds. The van der Waals surface area contributed by atoms with E-state index in [1.165, 1.54) is 0 Å². The molecule has 8 nitrogen and oxygen atoms in total. The second-order valence-corrected chi connectivity index (χ2v) is 8.75. The first-order valence-electron chi connectivity index (χ1n) is 10.6. The quantitative estimate of drug-likeness (QED) is 0.502. The van der Waals surface area contributed by atoms with Crippen LogP contribution in [0.5, 0.6) is 0 Å². The minimum atomic E-state index is -2.03. The van der Waals surface area contributed by atoms with Crippen LogP contribution in [0.1, 0.15) is 39.7 Å². The summed E-state index contributed by atoms with van der Waals surface area (Å²) >= 11 is 0. The minimum absolute atomic E-state index is 0.0451. The molecule has 170 valence electrons. The van der Waals surface area contributed by atoms with Gasteiger partial charge in [0.15, 0.2) is 0 Å². The standard InChI is InChI=1S/C23H31NO7/c1-5-28-19(26)22(20(27)29-6-2)12-18(25)24(13-17-10-8-7-9-11-17)14-23(22)30-15-21(3,4)16-31-23/h7-11H,5-6,12-16H2,1-4H3. The molecule has 1 spiro atoms. The van der Waals surface area contributed by atoms with Crippen molar-refractivity contribution in [3.63, 3.8) is 0 Å². The van der Waals surface area contributed by atoms with Crippen LogP contribution in [0, 0.1) is 10.8 Å². The first kappa shape index (κ1) is 23.2. The van der Waals surface area contributed by atoms with Gasteiger partial charge >= 0.3 is 11.9 Å². The van der Waals surface area contributed by atoms with Crippen molar-refractivity contribution in [3.05, 3.63) is 35.9 Å². The van der Waals surface area contributed by atoms with Crippen molar-refractivity contribution < 1.29 is 33.3 Å². The van der Waals surface area contributed by atoms with Crippen LogP contribution in [0.15, 0.2) is 30.3 Å². The molecule has 1 aromatic rings. The maximum absolute atomic E-state index is 13.2. The lowest BCUT2D eigenvalue weighted by Crippen LogP contribution is -2.72. The molecule has 31 heavy (non-hydrogen) atoms. The number of hydrogen-bond acceptors (Lipinski definition) is 7. The molecule has 0 saturated carbocycles. The third-order valence-corrected chi connectivity index (χ3v) is 5.67. The molecule has 0 radical (unpaired) electrons. The van der Waals surface area contributed by atoms with Gasteiger partial charge in [-0.25, -0.2) is 0 Å². The topological polar surface area (TPSA) is 91.4 Å². The Morgan fingerprint density at radius 3 is 2.06 bits per heavy atom. The summed E-state index contributed by atoms with van der Waals surface area (Å²) in [6, 6.07) is 9.48. The predicted octanol–water partition coefficient (Wildman–Crippen LogP) is 2.30. The van der Waals surface area contributed by atoms with Gasteiger partial charge in [0.25, 0.3) is 0 Å². The van der Waals surface area contributed by atoms with Crippen molar-refractivity contribution in [2.75, 3.05) is 33.0 Å². The average molecular weight is 434 g/mol. The number of esters is 2. The Kier molecular flexibility index (Phi) is 6.71. The number of likely N-dealkylation sites (tertiary alicyclic amines) is 1. The van der Waals surface area contributed by atoms with Gasteiger partial charge in [-0.2, -0.15) is 0 Å². The lowest BCUT2D eigenvalue weighted by molar-refractivity contribution is -0.350.